The van der Waals surface area contributed by atoms with E-state index < -0.39 is 6.09 Å². The van der Waals surface area contributed by atoms with E-state index >= 15 is 0 Å². The average molecular weight is 228 g/mol. The molecule has 0 spiro atoms. The largest absolute Gasteiger partial charge is 0.450 e. The van der Waals surface area contributed by atoms with Gasteiger partial charge in [0.2, 0.25) is 0 Å². The summed E-state index contributed by atoms with van der Waals surface area (Å²) in [6, 6.07) is 1.77. The van der Waals surface area contributed by atoms with Crippen LogP contribution in [0, 0.1) is 6.20 Å². The van der Waals surface area contributed by atoms with Gasteiger partial charge in [0.25, 0.3) is 0 Å². The number of carbonyl (C=O) groups is 1. The third kappa shape index (κ3) is 4.65. The minimum absolute atomic E-state index is 0.375. The zero-order valence-corrected chi connectivity index (χ0v) is 9.17. The molecule has 0 atom stereocenters. The maximum absolute atomic E-state index is 10.9. The molecule has 1 amide bonds. The van der Waals surface area contributed by atoms with E-state index in [1.165, 1.54) is 0 Å². The van der Waals surface area contributed by atoms with E-state index in [1.54, 1.807) is 19.2 Å². The molecule has 0 unspecified atom stereocenters. The van der Waals surface area contributed by atoms with E-state index in [4.69, 9.17) is 16.3 Å². The van der Waals surface area contributed by atoms with Gasteiger partial charge >= 0.3 is 6.09 Å². The van der Waals surface area contributed by atoms with Gasteiger partial charge in [0, 0.05) is 12.7 Å². The first kappa shape index (κ1) is 11.8. The molecule has 1 heterocycles. The quantitative estimate of drug-likeness (QED) is 0.854. The standard InChI is InChI=1S/C10H12ClN2O2/c1-2-15-10(14)13-4-3-8-5-9(11)7-12-6-8/h5-6H,2-4H2,1H3,(H,13,14). The number of carbonyl (C=O) groups excluding carboxylic acids is 1. The number of rotatable bonds is 4. The van der Waals surface area contributed by atoms with Gasteiger partial charge < -0.3 is 10.1 Å². The molecule has 1 aromatic heterocycles. The minimum Gasteiger partial charge on any atom is -0.450 e. The number of hydrogen-bond acceptors (Lipinski definition) is 3. The lowest BCUT2D eigenvalue weighted by Crippen LogP contribution is -2.26. The molecule has 0 aliphatic rings. The van der Waals surface area contributed by atoms with Crippen LogP contribution in [0.3, 0.4) is 0 Å². The number of aromatic nitrogens is 1. The highest BCUT2D eigenvalue weighted by Crippen LogP contribution is 2.07. The SMILES string of the molecule is CCOC(=O)NCCc1cn[c]c(Cl)c1. The Morgan fingerprint density at radius 2 is 2.53 bits per heavy atom. The summed E-state index contributed by atoms with van der Waals surface area (Å²) >= 11 is 5.71. The number of nitrogens with one attached hydrogen (secondary N) is 1. The molecular formula is C10H12ClN2O2. The van der Waals surface area contributed by atoms with E-state index in [1.807, 2.05) is 0 Å². The van der Waals surface area contributed by atoms with E-state index in [2.05, 4.69) is 16.5 Å². The van der Waals surface area contributed by atoms with Crippen LogP contribution in [0.2, 0.25) is 5.02 Å². The Bertz CT molecular complexity index is 331. The second-order valence-corrected chi connectivity index (χ2v) is 3.24. The van der Waals surface area contributed by atoms with E-state index in [-0.39, 0.29) is 0 Å². The first-order valence-corrected chi connectivity index (χ1v) is 5.03. The number of halogens is 1. The fourth-order valence-corrected chi connectivity index (χ4v) is 1.23. The van der Waals surface area contributed by atoms with Gasteiger partial charge in [0.05, 0.1) is 11.6 Å². The molecule has 0 aromatic carbocycles. The van der Waals surface area contributed by atoms with Gasteiger partial charge in [-0.25, -0.2) is 4.79 Å². The summed E-state index contributed by atoms with van der Waals surface area (Å²) in [5.74, 6) is 0. The number of nitrogens with zero attached hydrogens (tertiary/aromatic N) is 1. The van der Waals surface area contributed by atoms with Gasteiger partial charge in [-0.1, -0.05) is 11.6 Å². The van der Waals surface area contributed by atoms with Gasteiger partial charge in [-0.05, 0) is 25.0 Å². The summed E-state index contributed by atoms with van der Waals surface area (Å²) in [5.41, 5.74) is 0.954. The van der Waals surface area contributed by atoms with Crippen molar-refractivity contribution in [3.63, 3.8) is 0 Å². The molecule has 1 aromatic rings. The molecule has 0 aliphatic carbocycles. The minimum atomic E-state index is -0.404. The van der Waals surface area contributed by atoms with Crippen LogP contribution in [0.25, 0.3) is 0 Å². The number of hydrogen-bond donors (Lipinski definition) is 1. The summed E-state index contributed by atoms with van der Waals surface area (Å²) < 4.78 is 4.71. The first-order valence-electron chi connectivity index (χ1n) is 4.65. The molecule has 15 heavy (non-hydrogen) atoms. The van der Waals surface area contributed by atoms with Crippen LogP contribution in [0.5, 0.6) is 0 Å². The molecule has 1 rings (SSSR count). The van der Waals surface area contributed by atoms with Crippen molar-refractivity contribution in [2.24, 2.45) is 0 Å². The zero-order valence-electron chi connectivity index (χ0n) is 8.42. The average Bonchev–Trinajstić information content (AvgIpc) is 2.18. The molecule has 81 valence electrons. The van der Waals surface area contributed by atoms with E-state index in [0.717, 1.165) is 5.56 Å². The van der Waals surface area contributed by atoms with Gasteiger partial charge in [-0.2, -0.15) is 0 Å². The number of amides is 1. The maximum atomic E-state index is 10.9. The molecule has 0 fully saturated rings. The second-order valence-electron chi connectivity index (χ2n) is 2.83. The van der Waals surface area contributed by atoms with Crippen molar-refractivity contribution >= 4 is 17.7 Å². The third-order valence-corrected chi connectivity index (χ3v) is 1.87. The zero-order chi connectivity index (χ0) is 11.1. The lowest BCUT2D eigenvalue weighted by Gasteiger charge is -2.04. The highest BCUT2D eigenvalue weighted by molar-refractivity contribution is 6.30. The van der Waals surface area contributed by atoms with E-state index in [0.29, 0.717) is 24.6 Å². The van der Waals surface area contributed by atoms with Crippen LogP contribution in [0.1, 0.15) is 12.5 Å². The van der Waals surface area contributed by atoms with Gasteiger partial charge in [0.15, 0.2) is 0 Å². The van der Waals surface area contributed by atoms with Gasteiger partial charge in [-0.15, -0.1) is 0 Å². The molecule has 0 aliphatic heterocycles. The number of pyridine rings is 1. The Labute approximate surface area is 93.6 Å². The van der Waals surface area contributed by atoms with E-state index in [9.17, 15) is 4.79 Å². The topological polar surface area (TPSA) is 51.2 Å². The Hall–Kier alpha value is -1.29. The number of alkyl carbamates (subject to hydrolysis) is 1. The molecule has 0 saturated carbocycles. The lowest BCUT2D eigenvalue weighted by molar-refractivity contribution is 0.152. The van der Waals surface area contributed by atoms with Crippen molar-refractivity contribution in [2.75, 3.05) is 13.2 Å². The van der Waals surface area contributed by atoms with Crippen LogP contribution in [0.4, 0.5) is 4.79 Å². The van der Waals surface area contributed by atoms with Crippen molar-refractivity contribution < 1.29 is 9.53 Å². The molecular weight excluding hydrogens is 216 g/mol. The fraction of sp³-hybridized carbons (Fsp3) is 0.400. The summed E-state index contributed by atoms with van der Waals surface area (Å²) in [7, 11) is 0. The van der Waals surface area contributed by atoms with Crippen molar-refractivity contribution in [2.45, 2.75) is 13.3 Å². The second kappa shape index (κ2) is 6.24. The van der Waals surface area contributed by atoms with Crippen molar-refractivity contribution in [1.29, 1.82) is 0 Å². The molecule has 4 nitrogen and oxygen atoms in total. The Kier molecular flexibility index (Phi) is 4.90. The predicted molar refractivity (Wildman–Crippen MR) is 56.8 cm³/mol. The molecule has 0 saturated heterocycles. The first-order chi connectivity index (χ1) is 7.22. The Morgan fingerprint density at radius 1 is 1.73 bits per heavy atom. The monoisotopic (exact) mass is 227 g/mol. The van der Waals surface area contributed by atoms with Crippen LogP contribution < -0.4 is 5.32 Å². The fourth-order valence-electron chi connectivity index (χ4n) is 1.04. The van der Waals surface area contributed by atoms with Gasteiger partial charge in [-0.3, -0.25) is 4.98 Å². The number of ether oxygens (including phenoxy) is 1. The highest BCUT2D eigenvalue weighted by atomic mass is 35.5. The Morgan fingerprint density at radius 3 is 3.20 bits per heavy atom. The van der Waals surface area contributed by atoms with Crippen LogP contribution in [-0.2, 0) is 11.2 Å². The summed E-state index contributed by atoms with van der Waals surface area (Å²) in [6.07, 6.45) is 4.52. The van der Waals surface area contributed by atoms with Crippen LogP contribution in [0.15, 0.2) is 12.3 Å². The smallest absolute Gasteiger partial charge is 0.407 e. The van der Waals surface area contributed by atoms with Crippen molar-refractivity contribution in [3.8, 4) is 0 Å². The molecule has 1 N–H and O–H groups in total. The maximum Gasteiger partial charge on any atom is 0.407 e. The Balaban J connectivity index is 2.28. The molecule has 5 heteroatoms. The van der Waals surface area contributed by atoms with Crippen molar-refractivity contribution in [3.05, 3.63) is 29.0 Å². The molecule has 0 bridgehead atoms. The third-order valence-electron chi connectivity index (χ3n) is 1.67. The van der Waals surface area contributed by atoms with Gasteiger partial charge in [0.1, 0.15) is 6.20 Å². The summed E-state index contributed by atoms with van der Waals surface area (Å²) in [6.45, 7) is 2.64. The molecule has 1 radical (unpaired) electrons. The summed E-state index contributed by atoms with van der Waals surface area (Å²) in [5, 5.41) is 3.08. The highest BCUT2D eigenvalue weighted by Gasteiger charge is 2.00. The van der Waals surface area contributed by atoms with Crippen LogP contribution >= 0.6 is 11.6 Å². The van der Waals surface area contributed by atoms with Crippen LogP contribution in [-0.4, -0.2) is 24.2 Å². The summed E-state index contributed by atoms with van der Waals surface area (Å²) in [4.78, 5) is 14.7. The van der Waals surface area contributed by atoms with Crippen molar-refractivity contribution in [1.82, 2.24) is 10.3 Å². The lowest BCUT2D eigenvalue weighted by atomic mass is 10.2. The predicted octanol–water partition coefficient (Wildman–Crippen LogP) is 1.82. The normalized spacial score (nSPS) is 9.73.